The highest BCUT2D eigenvalue weighted by atomic mass is 16.7. The summed E-state index contributed by atoms with van der Waals surface area (Å²) in [5.41, 5.74) is 8.70. The Kier molecular flexibility index (Phi) is 13.3. The molecule has 27 heavy (non-hydrogen) atoms. The smallest absolute Gasteiger partial charge is 0.410 e. The molecule has 0 amide bonds. The average Bonchev–Trinajstić information content (AvgIpc) is 2.67. The molecule has 1 rings (SSSR count). The molecule has 1 fully saturated rings. The van der Waals surface area contributed by atoms with E-state index in [1.165, 1.54) is 44.9 Å². The Bertz CT molecular complexity index is 384. The lowest BCUT2D eigenvalue weighted by Crippen LogP contribution is -2.40. The zero-order valence-electron chi connectivity index (χ0n) is 18.1. The van der Waals surface area contributed by atoms with Crippen LogP contribution in [0.1, 0.15) is 104 Å². The number of hydrogen-bond acceptors (Lipinski definition) is 5. The van der Waals surface area contributed by atoms with Gasteiger partial charge in [-0.1, -0.05) is 72.1 Å². The standard InChI is InChI=1S/C21H43BN2O3/c1-4-21(2,3)20(25)19(23)16-12-13-17-24-27-22-26-18-14-10-8-6-5-7-9-11-15-18/h18-19,22,24H,4-17,23H2,1-3H3. The number of hydrogen-bond donors (Lipinski definition) is 2. The summed E-state index contributed by atoms with van der Waals surface area (Å²) >= 11 is 0. The van der Waals surface area contributed by atoms with Gasteiger partial charge in [-0.15, -0.1) is 0 Å². The van der Waals surface area contributed by atoms with Gasteiger partial charge in [-0.2, -0.15) is 0 Å². The van der Waals surface area contributed by atoms with E-state index >= 15 is 0 Å². The highest BCUT2D eigenvalue weighted by Crippen LogP contribution is 2.23. The fourth-order valence-electron chi connectivity index (χ4n) is 3.55. The van der Waals surface area contributed by atoms with E-state index in [0.717, 1.165) is 45.1 Å². The van der Waals surface area contributed by atoms with E-state index in [1.54, 1.807) is 0 Å². The molecule has 1 saturated carbocycles. The minimum atomic E-state index is -0.350. The van der Waals surface area contributed by atoms with Crippen molar-refractivity contribution < 1.29 is 14.2 Å². The van der Waals surface area contributed by atoms with Gasteiger partial charge in [0.2, 0.25) is 0 Å². The largest absolute Gasteiger partial charge is 0.456 e. The molecule has 0 spiro atoms. The molecule has 1 aliphatic rings. The predicted molar refractivity (Wildman–Crippen MR) is 114 cm³/mol. The molecule has 0 radical (unpaired) electrons. The van der Waals surface area contributed by atoms with Gasteiger partial charge in [0, 0.05) is 18.1 Å². The first-order valence-electron chi connectivity index (χ1n) is 11.2. The van der Waals surface area contributed by atoms with Gasteiger partial charge in [-0.05, 0) is 32.1 Å². The maximum absolute atomic E-state index is 12.3. The van der Waals surface area contributed by atoms with Crippen LogP contribution in [0.15, 0.2) is 0 Å². The fraction of sp³-hybridized carbons (Fsp3) is 0.952. The topological polar surface area (TPSA) is 73.6 Å². The molecular weight excluding hydrogens is 339 g/mol. The van der Waals surface area contributed by atoms with Crippen molar-refractivity contribution >= 4 is 13.5 Å². The Morgan fingerprint density at radius 3 is 2.30 bits per heavy atom. The summed E-state index contributed by atoms with van der Waals surface area (Å²) in [6.07, 6.45) is 15.4. The molecular formula is C21H43BN2O3. The molecule has 1 aliphatic carbocycles. The molecule has 0 aromatic rings. The van der Waals surface area contributed by atoms with Gasteiger partial charge in [-0.25, -0.2) is 5.48 Å². The average molecular weight is 382 g/mol. The van der Waals surface area contributed by atoms with Crippen LogP contribution in [0.4, 0.5) is 0 Å². The summed E-state index contributed by atoms with van der Waals surface area (Å²) < 4.78 is 11.3. The monoisotopic (exact) mass is 382 g/mol. The second-order valence-electron chi connectivity index (χ2n) is 8.70. The van der Waals surface area contributed by atoms with E-state index in [-0.39, 0.29) is 17.2 Å². The van der Waals surface area contributed by atoms with Crippen LogP contribution in [0.5, 0.6) is 0 Å². The molecule has 0 saturated heterocycles. The van der Waals surface area contributed by atoms with Crippen LogP contribution in [-0.2, 0) is 14.2 Å². The summed E-state index contributed by atoms with van der Waals surface area (Å²) in [6, 6.07) is -0.350. The highest BCUT2D eigenvalue weighted by Gasteiger charge is 2.29. The third kappa shape index (κ3) is 11.2. The zero-order valence-corrected chi connectivity index (χ0v) is 18.1. The molecule has 1 atom stereocenters. The fourth-order valence-corrected chi connectivity index (χ4v) is 3.55. The van der Waals surface area contributed by atoms with Gasteiger partial charge in [0.25, 0.3) is 0 Å². The predicted octanol–water partition coefficient (Wildman–Crippen LogP) is 4.19. The Balaban J connectivity index is 2.02. The van der Waals surface area contributed by atoms with Gasteiger partial charge in [0.1, 0.15) is 0 Å². The number of Topliss-reactive ketones (excluding diaryl/α,β-unsaturated/α-hetero) is 1. The molecule has 0 aromatic carbocycles. The van der Waals surface area contributed by atoms with Crippen molar-refractivity contribution in [3.05, 3.63) is 0 Å². The van der Waals surface area contributed by atoms with Gasteiger partial charge in [-0.3, -0.25) is 4.79 Å². The van der Waals surface area contributed by atoms with Crippen molar-refractivity contribution in [2.45, 2.75) is 116 Å². The summed E-state index contributed by atoms with van der Waals surface area (Å²) in [4.78, 5) is 12.3. The third-order valence-electron chi connectivity index (χ3n) is 5.95. The van der Waals surface area contributed by atoms with Crippen molar-refractivity contribution in [3.63, 3.8) is 0 Å². The van der Waals surface area contributed by atoms with Crippen LogP contribution in [0, 0.1) is 5.41 Å². The number of carbonyl (C=O) groups excluding carboxylic acids is 1. The summed E-state index contributed by atoms with van der Waals surface area (Å²) in [7, 11) is 0.313. The minimum absolute atomic E-state index is 0.174. The first kappa shape index (κ1) is 24.6. The molecule has 0 heterocycles. The van der Waals surface area contributed by atoms with E-state index in [9.17, 15) is 4.79 Å². The van der Waals surface area contributed by atoms with Crippen LogP contribution in [0.2, 0.25) is 0 Å². The molecule has 158 valence electrons. The van der Waals surface area contributed by atoms with E-state index in [2.05, 4.69) is 5.48 Å². The van der Waals surface area contributed by atoms with Gasteiger partial charge >= 0.3 is 7.69 Å². The Labute approximate surface area is 167 Å². The number of nitrogens with one attached hydrogen (secondary N) is 1. The van der Waals surface area contributed by atoms with Gasteiger partial charge in [0.15, 0.2) is 5.78 Å². The van der Waals surface area contributed by atoms with Crippen molar-refractivity contribution in [1.82, 2.24) is 5.48 Å². The van der Waals surface area contributed by atoms with E-state index < -0.39 is 0 Å². The Hall–Kier alpha value is -0.425. The van der Waals surface area contributed by atoms with Gasteiger partial charge < -0.3 is 15.1 Å². The molecule has 5 nitrogen and oxygen atoms in total. The van der Waals surface area contributed by atoms with Crippen LogP contribution in [0.3, 0.4) is 0 Å². The Morgan fingerprint density at radius 1 is 1.11 bits per heavy atom. The van der Waals surface area contributed by atoms with Crippen LogP contribution in [-0.4, -0.2) is 32.2 Å². The van der Waals surface area contributed by atoms with Gasteiger partial charge in [0.05, 0.1) is 6.04 Å². The maximum Gasteiger partial charge on any atom is 0.456 e. The number of ketones is 1. The maximum atomic E-state index is 12.3. The lowest BCUT2D eigenvalue weighted by Gasteiger charge is -2.24. The van der Waals surface area contributed by atoms with Crippen molar-refractivity contribution in [2.24, 2.45) is 11.1 Å². The molecule has 1 unspecified atom stereocenters. The first-order valence-corrected chi connectivity index (χ1v) is 11.2. The molecule has 0 aromatic heterocycles. The molecule has 0 bridgehead atoms. The lowest BCUT2D eigenvalue weighted by atomic mass is 9.81. The Morgan fingerprint density at radius 2 is 1.70 bits per heavy atom. The van der Waals surface area contributed by atoms with E-state index in [1.807, 2.05) is 20.8 Å². The summed E-state index contributed by atoms with van der Waals surface area (Å²) in [5.74, 6) is 0.174. The van der Waals surface area contributed by atoms with Crippen LogP contribution < -0.4 is 11.2 Å². The first-order chi connectivity index (χ1) is 13.0. The van der Waals surface area contributed by atoms with Crippen molar-refractivity contribution in [3.8, 4) is 0 Å². The number of hydroxylamine groups is 1. The van der Waals surface area contributed by atoms with E-state index in [4.69, 9.17) is 15.1 Å². The lowest BCUT2D eigenvalue weighted by molar-refractivity contribution is -0.128. The van der Waals surface area contributed by atoms with Crippen molar-refractivity contribution in [2.75, 3.05) is 6.54 Å². The molecule has 0 aliphatic heterocycles. The second kappa shape index (κ2) is 14.6. The molecule has 3 N–H and O–H groups in total. The molecule has 6 heteroatoms. The second-order valence-corrected chi connectivity index (χ2v) is 8.70. The SMILES string of the molecule is CCC(C)(C)C(=O)C(N)CCCCNOBOC1CCCCCCCCC1. The third-order valence-corrected chi connectivity index (χ3v) is 5.95. The summed E-state index contributed by atoms with van der Waals surface area (Å²) in [5, 5.41) is 0. The number of carbonyl (C=O) groups is 1. The van der Waals surface area contributed by atoms with E-state index in [0.29, 0.717) is 13.8 Å². The number of unbranched alkanes of at least 4 members (excludes halogenated alkanes) is 1. The van der Waals surface area contributed by atoms with Crippen molar-refractivity contribution in [1.29, 1.82) is 0 Å². The summed E-state index contributed by atoms with van der Waals surface area (Å²) in [6.45, 7) is 6.74. The highest BCUT2D eigenvalue weighted by molar-refractivity contribution is 6.17. The van der Waals surface area contributed by atoms with Crippen LogP contribution >= 0.6 is 0 Å². The zero-order chi connectivity index (χ0) is 20.0. The normalized spacial score (nSPS) is 18.8. The van der Waals surface area contributed by atoms with Crippen LogP contribution in [0.25, 0.3) is 0 Å². The number of nitrogens with two attached hydrogens (primary N) is 1. The number of rotatable bonds is 12. The minimum Gasteiger partial charge on any atom is -0.410 e. The quantitative estimate of drug-likeness (QED) is 0.301.